The number of hydrogen-bond acceptors (Lipinski definition) is 6. The van der Waals surface area contributed by atoms with Crippen LogP contribution in [0.1, 0.15) is 18.1 Å². The highest BCUT2D eigenvalue weighted by Gasteiger charge is 2.16. The minimum Gasteiger partial charge on any atom is -0.497 e. The normalized spacial score (nSPS) is 11.4. The second-order valence-electron chi connectivity index (χ2n) is 7.59. The third-order valence-corrected chi connectivity index (χ3v) is 6.23. The molecule has 3 aromatic carbocycles. The zero-order valence-electron chi connectivity index (χ0n) is 19.1. The Kier molecular flexibility index (Phi) is 7.08. The van der Waals surface area contributed by atoms with Crippen molar-refractivity contribution in [2.75, 3.05) is 12.9 Å². The van der Waals surface area contributed by atoms with Crippen molar-refractivity contribution in [3.63, 3.8) is 0 Å². The number of rotatable bonds is 7. The van der Waals surface area contributed by atoms with Gasteiger partial charge < -0.3 is 4.74 Å². The van der Waals surface area contributed by atoms with Crippen LogP contribution in [0, 0.1) is 6.92 Å². The van der Waals surface area contributed by atoms with E-state index in [0.29, 0.717) is 21.8 Å². The Morgan fingerprint density at radius 3 is 2.50 bits per heavy atom. The molecular formula is C26H24N4O3S. The minimum atomic E-state index is -0.295. The Morgan fingerprint density at radius 1 is 1.06 bits per heavy atom. The van der Waals surface area contributed by atoms with E-state index < -0.39 is 0 Å². The zero-order valence-corrected chi connectivity index (χ0v) is 19.9. The average Bonchev–Trinajstić information content (AvgIpc) is 2.87. The maximum absolute atomic E-state index is 13.3. The number of aromatic nitrogens is 2. The maximum atomic E-state index is 13.3. The van der Waals surface area contributed by atoms with E-state index in [2.05, 4.69) is 15.5 Å². The summed E-state index contributed by atoms with van der Waals surface area (Å²) in [5.74, 6) is 0.506. The molecule has 0 aliphatic carbocycles. The van der Waals surface area contributed by atoms with Gasteiger partial charge in [0.2, 0.25) is 0 Å². The fourth-order valence-corrected chi connectivity index (χ4v) is 4.24. The Hall–Kier alpha value is -3.91. The van der Waals surface area contributed by atoms with Crippen LogP contribution in [0.2, 0.25) is 0 Å². The highest BCUT2D eigenvalue weighted by atomic mass is 32.2. The SMILES string of the molecule is COc1ccc(/C(C)=N/NC(=O)CSc2nc3ccccc3c(=O)n2-c2ccccc2C)cc1. The smallest absolute Gasteiger partial charge is 0.266 e. The number of para-hydroxylation sites is 2. The molecule has 1 amide bonds. The van der Waals surface area contributed by atoms with Gasteiger partial charge in [0.15, 0.2) is 5.16 Å². The van der Waals surface area contributed by atoms with Crippen molar-refractivity contribution in [1.82, 2.24) is 15.0 Å². The molecule has 0 aliphatic rings. The first-order valence-corrected chi connectivity index (χ1v) is 11.6. The summed E-state index contributed by atoms with van der Waals surface area (Å²) in [5.41, 5.74) is 6.22. The van der Waals surface area contributed by atoms with E-state index in [4.69, 9.17) is 4.74 Å². The Bertz CT molecular complexity index is 1430. The molecule has 34 heavy (non-hydrogen) atoms. The molecule has 1 aromatic heterocycles. The highest BCUT2D eigenvalue weighted by Crippen LogP contribution is 2.23. The van der Waals surface area contributed by atoms with E-state index >= 15 is 0 Å². The molecule has 0 unspecified atom stereocenters. The molecule has 0 saturated carbocycles. The van der Waals surface area contributed by atoms with Crippen LogP contribution in [0.15, 0.2) is 87.8 Å². The molecule has 4 rings (SSSR count). The molecule has 1 heterocycles. The molecule has 0 saturated heterocycles. The van der Waals surface area contributed by atoms with Gasteiger partial charge in [-0.1, -0.05) is 42.1 Å². The van der Waals surface area contributed by atoms with Crippen molar-refractivity contribution < 1.29 is 9.53 Å². The van der Waals surface area contributed by atoms with E-state index in [1.807, 2.05) is 74.5 Å². The summed E-state index contributed by atoms with van der Waals surface area (Å²) >= 11 is 1.19. The van der Waals surface area contributed by atoms with Gasteiger partial charge in [-0.3, -0.25) is 14.2 Å². The molecule has 0 spiro atoms. The number of carbonyl (C=O) groups excluding carboxylic acids is 1. The fourth-order valence-electron chi connectivity index (χ4n) is 3.44. The lowest BCUT2D eigenvalue weighted by Crippen LogP contribution is -2.25. The topological polar surface area (TPSA) is 85.6 Å². The maximum Gasteiger partial charge on any atom is 0.266 e. The van der Waals surface area contributed by atoms with Gasteiger partial charge >= 0.3 is 0 Å². The van der Waals surface area contributed by atoms with Crippen LogP contribution in [0.4, 0.5) is 0 Å². The van der Waals surface area contributed by atoms with Crippen molar-refractivity contribution in [2.24, 2.45) is 5.10 Å². The van der Waals surface area contributed by atoms with Gasteiger partial charge in [0.25, 0.3) is 11.5 Å². The molecular weight excluding hydrogens is 448 g/mol. The van der Waals surface area contributed by atoms with E-state index in [9.17, 15) is 9.59 Å². The van der Waals surface area contributed by atoms with Crippen LogP contribution in [-0.2, 0) is 4.79 Å². The van der Waals surface area contributed by atoms with Gasteiger partial charge in [-0.2, -0.15) is 5.10 Å². The number of nitrogens with zero attached hydrogens (tertiary/aromatic N) is 3. The second kappa shape index (κ2) is 10.4. The number of benzene rings is 3. The van der Waals surface area contributed by atoms with E-state index in [1.165, 1.54) is 11.8 Å². The van der Waals surface area contributed by atoms with E-state index in [1.54, 1.807) is 23.8 Å². The molecule has 0 bridgehead atoms. The summed E-state index contributed by atoms with van der Waals surface area (Å²) in [6.45, 7) is 3.75. The first-order valence-electron chi connectivity index (χ1n) is 10.7. The lowest BCUT2D eigenvalue weighted by atomic mass is 10.1. The summed E-state index contributed by atoms with van der Waals surface area (Å²) in [4.78, 5) is 30.6. The first-order chi connectivity index (χ1) is 16.5. The molecule has 0 aliphatic heterocycles. The van der Waals surface area contributed by atoms with Gasteiger partial charge in [0, 0.05) is 0 Å². The zero-order chi connectivity index (χ0) is 24.1. The number of nitrogens with one attached hydrogen (secondary N) is 1. The summed E-state index contributed by atoms with van der Waals surface area (Å²) in [7, 11) is 1.61. The van der Waals surface area contributed by atoms with Gasteiger partial charge in [-0.05, 0) is 67.4 Å². The third kappa shape index (κ3) is 5.02. The third-order valence-electron chi connectivity index (χ3n) is 5.29. The van der Waals surface area contributed by atoms with Crippen molar-refractivity contribution >= 4 is 34.3 Å². The number of hydrogen-bond donors (Lipinski definition) is 1. The highest BCUT2D eigenvalue weighted by molar-refractivity contribution is 7.99. The molecule has 0 atom stereocenters. The number of carbonyl (C=O) groups is 1. The Morgan fingerprint density at radius 2 is 1.76 bits per heavy atom. The minimum absolute atomic E-state index is 0.0516. The molecule has 4 aromatic rings. The number of aryl methyl sites for hydroxylation is 1. The van der Waals surface area contributed by atoms with Crippen LogP contribution in [-0.4, -0.2) is 34.0 Å². The Labute approximate surface area is 201 Å². The number of hydrazone groups is 1. The number of amides is 1. The number of methoxy groups -OCH3 is 1. The van der Waals surface area contributed by atoms with Crippen LogP contribution < -0.4 is 15.7 Å². The van der Waals surface area contributed by atoms with Gasteiger partial charge in [-0.25, -0.2) is 10.4 Å². The number of fused-ring (bicyclic) bond motifs is 1. The first kappa shape index (κ1) is 23.3. The summed E-state index contributed by atoms with van der Waals surface area (Å²) < 4.78 is 6.73. The summed E-state index contributed by atoms with van der Waals surface area (Å²) in [6, 6.07) is 22.2. The van der Waals surface area contributed by atoms with Gasteiger partial charge in [-0.15, -0.1) is 0 Å². The number of ether oxygens (including phenoxy) is 1. The predicted molar refractivity (Wildman–Crippen MR) is 136 cm³/mol. The van der Waals surface area contributed by atoms with Crippen molar-refractivity contribution in [2.45, 2.75) is 19.0 Å². The molecule has 7 nitrogen and oxygen atoms in total. The molecule has 8 heteroatoms. The van der Waals surface area contributed by atoms with Crippen LogP contribution in [0.5, 0.6) is 5.75 Å². The van der Waals surface area contributed by atoms with Gasteiger partial charge in [0.05, 0.1) is 35.2 Å². The monoisotopic (exact) mass is 472 g/mol. The fraction of sp³-hybridized carbons (Fsp3) is 0.154. The molecule has 1 N–H and O–H groups in total. The lowest BCUT2D eigenvalue weighted by Gasteiger charge is -2.14. The van der Waals surface area contributed by atoms with Gasteiger partial charge in [0.1, 0.15) is 5.75 Å². The summed E-state index contributed by atoms with van der Waals surface area (Å²) in [5, 5.41) is 5.17. The van der Waals surface area contributed by atoms with E-state index in [-0.39, 0.29) is 17.2 Å². The Balaban J connectivity index is 1.57. The summed E-state index contributed by atoms with van der Waals surface area (Å²) in [6.07, 6.45) is 0. The average molecular weight is 473 g/mol. The largest absolute Gasteiger partial charge is 0.497 e. The van der Waals surface area contributed by atoms with Crippen molar-refractivity contribution in [1.29, 1.82) is 0 Å². The predicted octanol–water partition coefficient (Wildman–Crippen LogP) is 4.34. The quantitative estimate of drug-likeness (QED) is 0.187. The van der Waals surface area contributed by atoms with Crippen molar-refractivity contribution in [3.8, 4) is 11.4 Å². The van der Waals surface area contributed by atoms with Crippen molar-refractivity contribution in [3.05, 3.63) is 94.3 Å². The molecule has 0 radical (unpaired) electrons. The number of thioether (sulfide) groups is 1. The molecule has 0 fully saturated rings. The lowest BCUT2D eigenvalue weighted by molar-refractivity contribution is -0.118. The standard InChI is InChI=1S/C26H24N4O3S/c1-17-8-4-7-11-23(17)30-25(32)21-9-5-6-10-22(21)27-26(30)34-16-24(31)29-28-18(2)19-12-14-20(33-3)15-13-19/h4-15H,16H2,1-3H3,(H,29,31)/b28-18+. The van der Waals surface area contributed by atoms with Crippen LogP contribution >= 0.6 is 11.8 Å². The second-order valence-corrected chi connectivity index (χ2v) is 8.53. The van der Waals surface area contributed by atoms with Crippen LogP contribution in [0.25, 0.3) is 16.6 Å². The molecule has 172 valence electrons. The van der Waals surface area contributed by atoms with Crippen LogP contribution in [0.3, 0.4) is 0 Å². The van der Waals surface area contributed by atoms with E-state index in [0.717, 1.165) is 22.6 Å².